The molecule has 1 unspecified atom stereocenters. The lowest BCUT2D eigenvalue weighted by Gasteiger charge is -2.25. The molecule has 0 aliphatic rings. The first-order valence-corrected chi connectivity index (χ1v) is 5.67. The van der Waals surface area contributed by atoms with E-state index in [0.717, 1.165) is 29.6 Å². The van der Waals surface area contributed by atoms with Crippen molar-refractivity contribution in [2.75, 3.05) is 0 Å². The summed E-state index contributed by atoms with van der Waals surface area (Å²) in [5, 5.41) is 2.02. The van der Waals surface area contributed by atoms with Crippen molar-refractivity contribution >= 4 is 17.6 Å². The summed E-state index contributed by atoms with van der Waals surface area (Å²) in [5.74, 6) is 0. The SMILES string of the molecule is C=C(C)CC(C=O)(CC)c1cccs1. The van der Waals surface area contributed by atoms with Gasteiger partial charge in [-0.25, -0.2) is 0 Å². The highest BCUT2D eigenvalue weighted by Gasteiger charge is 2.30. The fraction of sp³-hybridized carbons (Fsp3) is 0.417. The van der Waals surface area contributed by atoms with Crippen molar-refractivity contribution in [1.82, 2.24) is 0 Å². The molecule has 0 spiro atoms. The molecule has 0 N–H and O–H groups in total. The predicted octanol–water partition coefficient (Wildman–Crippen LogP) is 3.56. The van der Waals surface area contributed by atoms with Gasteiger partial charge in [0.05, 0.1) is 5.41 Å². The number of aldehydes is 1. The molecule has 0 radical (unpaired) electrons. The minimum Gasteiger partial charge on any atom is -0.302 e. The van der Waals surface area contributed by atoms with Gasteiger partial charge in [0.15, 0.2) is 0 Å². The van der Waals surface area contributed by atoms with Gasteiger partial charge in [-0.3, -0.25) is 0 Å². The molecule has 1 heterocycles. The third-order valence-corrected chi connectivity index (χ3v) is 3.58. The first-order chi connectivity index (χ1) is 6.64. The largest absolute Gasteiger partial charge is 0.302 e. The van der Waals surface area contributed by atoms with E-state index in [1.54, 1.807) is 11.3 Å². The van der Waals surface area contributed by atoms with E-state index >= 15 is 0 Å². The molecule has 0 saturated carbocycles. The summed E-state index contributed by atoms with van der Waals surface area (Å²) in [5.41, 5.74) is 0.729. The first kappa shape index (κ1) is 11.2. The van der Waals surface area contributed by atoms with Crippen LogP contribution in [-0.2, 0) is 10.2 Å². The molecule has 1 aromatic rings. The second-order valence-electron chi connectivity index (χ2n) is 3.74. The van der Waals surface area contributed by atoms with E-state index in [1.807, 2.05) is 24.4 Å². The van der Waals surface area contributed by atoms with E-state index in [4.69, 9.17) is 0 Å². The maximum atomic E-state index is 11.3. The van der Waals surface area contributed by atoms with E-state index in [0.29, 0.717) is 0 Å². The summed E-state index contributed by atoms with van der Waals surface area (Å²) in [7, 11) is 0. The second kappa shape index (κ2) is 4.56. The van der Waals surface area contributed by atoms with Gasteiger partial charge in [0.2, 0.25) is 0 Å². The monoisotopic (exact) mass is 208 g/mol. The standard InChI is InChI=1S/C12H16OS/c1-4-12(9-13,8-10(2)3)11-6-5-7-14-11/h5-7,9H,2,4,8H2,1,3H3. The molecule has 0 saturated heterocycles. The number of hydrogen-bond donors (Lipinski definition) is 0. The van der Waals surface area contributed by atoms with Crippen molar-refractivity contribution < 1.29 is 4.79 Å². The normalized spacial score (nSPS) is 14.7. The Labute approximate surface area is 89.5 Å². The Morgan fingerprint density at radius 3 is 2.79 bits per heavy atom. The van der Waals surface area contributed by atoms with Gasteiger partial charge in [-0.05, 0) is 31.2 Å². The van der Waals surface area contributed by atoms with Crippen molar-refractivity contribution in [3.63, 3.8) is 0 Å². The van der Waals surface area contributed by atoms with Gasteiger partial charge in [-0.15, -0.1) is 17.9 Å². The van der Waals surface area contributed by atoms with Gasteiger partial charge in [-0.2, -0.15) is 0 Å². The maximum absolute atomic E-state index is 11.3. The van der Waals surface area contributed by atoms with Crippen molar-refractivity contribution in [3.05, 3.63) is 34.5 Å². The van der Waals surface area contributed by atoms with Crippen LogP contribution in [0.25, 0.3) is 0 Å². The zero-order valence-corrected chi connectivity index (χ0v) is 9.56. The third-order valence-electron chi connectivity index (χ3n) is 2.49. The van der Waals surface area contributed by atoms with Crippen LogP contribution in [0.4, 0.5) is 0 Å². The highest BCUT2D eigenvalue weighted by Crippen LogP contribution is 2.34. The molecule has 0 amide bonds. The van der Waals surface area contributed by atoms with Crippen LogP contribution in [0.5, 0.6) is 0 Å². The molecular formula is C12H16OS. The molecule has 1 rings (SSSR count). The summed E-state index contributed by atoms with van der Waals surface area (Å²) in [4.78, 5) is 12.4. The number of carbonyl (C=O) groups is 1. The van der Waals surface area contributed by atoms with Crippen molar-refractivity contribution in [2.45, 2.75) is 32.1 Å². The number of rotatable bonds is 5. The smallest absolute Gasteiger partial charge is 0.131 e. The van der Waals surface area contributed by atoms with Crippen LogP contribution in [-0.4, -0.2) is 6.29 Å². The number of thiophene rings is 1. The molecular weight excluding hydrogens is 192 g/mol. The van der Waals surface area contributed by atoms with E-state index < -0.39 is 0 Å². The number of hydrogen-bond acceptors (Lipinski definition) is 2. The van der Waals surface area contributed by atoms with Crippen LogP contribution < -0.4 is 0 Å². The molecule has 0 bridgehead atoms. The Hall–Kier alpha value is -0.890. The highest BCUT2D eigenvalue weighted by molar-refractivity contribution is 7.10. The maximum Gasteiger partial charge on any atom is 0.131 e. The summed E-state index contributed by atoms with van der Waals surface area (Å²) in [6.07, 6.45) is 2.67. The van der Waals surface area contributed by atoms with Crippen LogP contribution in [0.15, 0.2) is 29.7 Å². The zero-order chi connectivity index (χ0) is 10.6. The van der Waals surface area contributed by atoms with E-state index in [-0.39, 0.29) is 5.41 Å². The van der Waals surface area contributed by atoms with Crippen molar-refractivity contribution in [3.8, 4) is 0 Å². The summed E-state index contributed by atoms with van der Waals surface area (Å²) in [6.45, 7) is 7.92. The number of carbonyl (C=O) groups excluding carboxylic acids is 1. The molecule has 2 heteroatoms. The molecule has 1 nitrogen and oxygen atoms in total. The van der Waals surface area contributed by atoms with Crippen LogP contribution in [0.1, 0.15) is 31.6 Å². The predicted molar refractivity (Wildman–Crippen MR) is 61.8 cm³/mol. The molecule has 0 aliphatic carbocycles. The summed E-state index contributed by atoms with van der Waals surface area (Å²) < 4.78 is 0. The topological polar surface area (TPSA) is 17.1 Å². The molecule has 1 atom stereocenters. The molecule has 76 valence electrons. The highest BCUT2D eigenvalue weighted by atomic mass is 32.1. The Bertz CT molecular complexity index is 313. The lowest BCUT2D eigenvalue weighted by atomic mass is 9.80. The molecule has 0 aliphatic heterocycles. The lowest BCUT2D eigenvalue weighted by Crippen LogP contribution is -2.26. The van der Waals surface area contributed by atoms with E-state index in [9.17, 15) is 4.79 Å². The Morgan fingerprint density at radius 1 is 1.71 bits per heavy atom. The summed E-state index contributed by atoms with van der Waals surface area (Å²) in [6, 6.07) is 4.03. The summed E-state index contributed by atoms with van der Waals surface area (Å²) >= 11 is 1.65. The molecule has 0 fully saturated rings. The zero-order valence-electron chi connectivity index (χ0n) is 8.75. The quantitative estimate of drug-likeness (QED) is 0.534. The fourth-order valence-corrected chi connectivity index (χ4v) is 2.63. The molecule has 1 aromatic heterocycles. The minimum atomic E-state index is -0.333. The fourth-order valence-electron chi connectivity index (χ4n) is 1.67. The van der Waals surface area contributed by atoms with Crippen LogP contribution in [0, 0.1) is 0 Å². The van der Waals surface area contributed by atoms with Gasteiger partial charge in [-0.1, -0.05) is 18.6 Å². The van der Waals surface area contributed by atoms with Crippen LogP contribution >= 0.6 is 11.3 Å². The van der Waals surface area contributed by atoms with Gasteiger partial charge in [0, 0.05) is 4.88 Å². The Kier molecular flexibility index (Phi) is 3.64. The average Bonchev–Trinajstić information content (AvgIpc) is 2.67. The van der Waals surface area contributed by atoms with E-state index in [2.05, 4.69) is 13.5 Å². The van der Waals surface area contributed by atoms with Crippen molar-refractivity contribution in [1.29, 1.82) is 0 Å². The van der Waals surface area contributed by atoms with Gasteiger partial charge < -0.3 is 4.79 Å². The Morgan fingerprint density at radius 2 is 2.43 bits per heavy atom. The van der Waals surface area contributed by atoms with Gasteiger partial charge in [0.25, 0.3) is 0 Å². The number of allylic oxidation sites excluding steroid dienone is 1. The van der Waals surface area contributed by atoms with Crippen molar-refractivity contribution in [2.24, 2.45) is 0 Å². The average molecular weight is 208 g/mol. The third kappa shape index (κ3) is 2.13. The first-order valence-electron chi connectivity index (χ1n) is 4.79. The second-order valence-corrected chi connectivity index (χ2v) is 4.69. The lowest BCUT2D eigenvalue weighted by molar-refractivity contribution is -0.112. The van der Waals surface area contributed by atoms with Gasteiger partial charge in [0.1, 0.15) is 6.29 Å². The molecule has 0 aromatic carbocycles. The molecule has 14 heavy (non-hydrogen) atoms. The van der Waals surface area contributed by atoms with Gasteiger partial charge >= 0.3 is 0 Å². The van der Waals surface area contributed by atoms with Crippen LogP contribution in [0.2, 0.25) is 0 Å². The minimum absolute atomic E-state index is 0.333. The van der Waals surface area contributed by atoms with Crippen LogP contribution in [0.3, 0.4) is 0 Å². The van der Waals surface area contributed by atoms with E-state index in [1.165, 1.54) is 0 Å². The Balaban J connectivity index is 3.03.